The number of aromatic nitrogens is 3. The zero-order valence-electron chi connectivity index (χ0n) is 9.86. The van der Waals surface area contributed by atoms with Gasteiger partial charge in [-0.1, -0.05) is 6.07 Å². The first-order chi connectivity index (χ1) is 7.68. The van der Waals surface area contributed by atoms with Crippen molar-refractivity contribution in [1.82, 2.24) is 14.8 Å². The van der Waals surface area contributed by atoms with Crippen LogP contribution in [0.1, 0.15) is 17.0 Å². The van der Waals surface area contributed by atoms with Crippen molar-refractivity contribution in [2.45, 2.75) is 20.4 Å². The van der Waals surface area contributed by atoms with Crippen LogP contribution < -0.4 is 5.32 Å². The molecule has 0 unspecified atom stereocenters. The minimum absolute atomic E-state index is 0.735. The van der Waals surface area contributed by atoms with Gasteiger partial charge in [-0.05, 0) is 25.5 Å². The van der Waals surface area contributed by atoms with E-state index >= 15 is 0 Å². The smallest absolute Gasteiger partial charge is 0.0759 e. The fourth-order valence-corrected chi connectivity index (χ4v) is 1.55. The first-order valence-electron chi connectivity index (χ1n) is 5.31. The van der Waals surface area contributed by atoms with Crippen molar-refractivity contribution in [1.29, 1.82) is 0 Å². The monoisotopic (exact) mass is 216 g/mol. The van der Waals surface area contributed by atoms with Gasteiger partial charge in [-0.3, -0.25) is 9.67 Å². The molecule has 2 aromatic rings. The number of nitrogens with zero attached hydrogens (tertiary/aromatic N) is 3. The van der Waals surface area contributed by atoms with E-state index in [0.717, 1.165) is 23.6 Å². The molecule has 2 heterocycles. The molecule has 0 aromatic carbocycles. The number of nitrogens with one attached hydrogen (secondary N) is 1. The summed E-state index contributed by atoms with van der Waals surface area (Å²) >= 11 is 0. The zero-order chi connectivity index (χ0) is 11.5. The lowest BCUT2D eigenvalue weighted by molar-refractivity contribution is 0.740. The summed E-state index contributed by atoms with van der Waals surface area (Å²) in [5, 5.41) is 7.53. The Bertz CT molecular complexity index is 488. The average Bonchev–Trinajstić information content (AvgIpc) is 2.59. The molecule has 0 spiro atoms. The van der Waals surface area contributed by atoms with Gasteiger partial charge in [-0.25, -0.2) is 0 Å². The predicted molar refractivity (Wildman–Crippen MR) is 64.2 cm³/mol. The van der Waals surface area contributed by atoms with Gasteiger partial charge in [-0.2, -0.15) is 5.10 Å². The van der Waals surface area contributed by atoms with E-state index in [1.165, 1.54) is 5.56 Å². The van der Waals surface area contributed by atoms with Crippen LogP contribution in [0.4, 0.5) is 5.69 Å². The molecule has 16 heavy (non-hydrogen) atoms. The number of hydrogen-bond acceptors (Lipinski definition) is 3. The quantitative estimate of drug-likeness (QED) is 0.853. The SMILES string of the molecule is Cc1cccnc1CNc1cnn(C)c1C. The van der Waals surface area contributed by atoms with Crippen molar-refractivity contribution in [3.8, 4) is 0 Å². The topological polar surface area (TPSA) is 42.7 Å². The molecule has 1 N–H and O–H groups in total. The van der Waals surface area contributed by atoms with Crippen LogP contribution >= 0.6 is 0 Å². The van der Waals surface area contributed by atoms with E-state index in [0.29, 0.717) is 0 Å². The van der Waals surface area contributed by atoms with Crippen molar-refractivity contribution in [2.75, 3.05) is 5.32 Å². The first kappa shape index (κ1) is 10.7. The summed E-state index contributed by atoms with van der Waals surface area (Å²) in [6, 6.07) is 4.02. The minimum atomic E-state index is 0.735. The van der Waals surface area contributed by atoms with Gasteiger partial charge in [0.25, 0.3) is 0 Å². The second-order valence-electron chi connectivity index (χ2n) is 3.89. The van der Waals surface area contributed by atoms with Gasteiger partial charge in [0.05, 0.1) is 29.8 Å². The summed E-state index contributed by atoms with van der Waals surface area (Å²) in [4.78, 5) is 4.34. The molecule has 0 aliphatic carbocycles. The molecule has 0 radical (unpaired) electrons. The van der Waals surface area contributed by atoms with Crippen LogP contribution in [-0.2, 0) is 13.6 Å². The fraction of sp³-hybridized carbons (Fsp3) is 0.333. The van der Waals surface area contributed by atoms with E-state index in [2.05, 4.69) is 28.4 Å². The highest BCUT2D eigenvalue weighted by molar-refractivity contribution is 5.46. The predicted octanol–water partition coefficient (Wildman–Crippen LogP) is 2.04. The Morgan fingerprint density at radius 2 is 2.19 bits per heavy atom. The summed E-state index contributed by atoms with van der Waals surface area (Å²) in [5.41, 5.74) is 4.48. The van der Waals surface area contributed by atoms with Crippen LogP contribution in [0.3, 0.4) is 0 Å². The lowest BCUT2D eigenvalue weighted by Gasteiger charge is -2.07. The second-order valence-corrected chi connectivity index (χ2v) is 3.89. The lowest BCUT2D eigenvalue weighted by atomic mass is 10.2. The van der Waals surface area contributed by atoms with Gasteiger partial charge in [0.1, 0.15) is 0 Å². The van der Waals surface area contributed by atoms with E-state index in [1.807, 2.05) is 37.1 Å². The molecule has 2 rings (SSSR count). The molecule has 0 aliphatic heterocycles. The van der Waals surface area contributed by atoms with E-state index in [9.17, 15) is 0 Å². The van der Waals surface area contributed by atoms with Crippen molar-refractivity contribution in [2.24, 2.45) is 7.05 Å². The normalized spacial score (nSPS) is 10.4. The summed E-state index contributed by atoms with van der Waals surface area (Å²) < 4.78 is 1.85. The molecule has 4 nitrogen and oxygen atoms in total. The van der Waals surface area contributed by atoms with E-state index in [-0.39, 0.29) is 0 Å². The molecule has 0 aliphatic rings. The highest BCUT2D eigenvalue weighted by Crippen LogP contribution is 2.14. The standard InChI is InChI=1S/C12H16N4/c1-9-5-4-6-13-11(9)7-14-12-8-15-16(3)10(12)2/h4-6,8,14H,7H2,1-3H3. The number of aryl methyl sites for hydroxylation is 2. The molecule has 0 fully saturated rings. The molecule has 84 valence electrons. The molecule has 0 saturated heterocycles. The minimum Gasteiger partial charge on any atom is -0.377 e. The van der Waals surface area contributed by atoms with Crippen molar-refractivity contribution < 1.29 is 0 Å². The molecule has 0 atom stereocenters. The average molecular weight is 216 g/mol. The third-order valence-corrected chi connectivity index (χ3v) is 2.80. The van der Waals surface area contributed by atoms with Crippen LogP contribution in [-0.4, -0.2) is 14.8 Å². The lowest BCUT2D eigenvalue weighted by Crippen LogP contribution is -2.04. The van der Waals surface area contributed by atoms with Gasteiger partial charge in [0.15, 0.2) is 0 Å². The second kappa shape index (κ2) is 4.35. The van der Waals surface area contributed by atoms with E-state index < -0.39 is 0 Å². The Balaban J connectivity index is 2.08. The van der Waals surface area contributed by atoms with Crippen molar-refractivity contribution >= 4 is 5.69 Å². The van der Waals surface area contributed by atoms with Gasteiger partial charge < -0.3 is 5.32 Å². The van der Waals surface area contributed by atoms with Gasteiger partial charge >= 0.3 is 0 Å². The molecule has 0 saturated carbocycles. The summed E-state index contributed by atoms with van der Waals surface area (Å²) in [6.07, 6.45) is 3.66. The zero-order valence-corrected chi connectivity index (χ0v) is 9.86. The Kier molecular flexibility index (Phi) is 2.90. The maximum Gasteiger partial charge on any atom is 0.0759 e. The van der Waals surface area contributed by atoms with Crippen molar-refractivity contribution in [3.63, 3.8) is 0 Å². The van der Waals surface area contributed by atoms with E-state index in [1.54, 1.807) is 0 Å². The molecular formula is C12H16N4. The van der Waals surface area contributed by atoms with E-state index in [4.69, 9.17) is 0 Å². The van der Waals surface area contributed by atoms with Gasteiger partial charge in [-0.15, -0.1) is 0 Å². The third kappa shape index (κ3) is 2.05. The Labute approximate surface area is 95.3 Å². The van der Waals surface area contributed by atoms with Gasteiger partial charge in [0.2, 0.25) is 0 Å². The molecule has 2 aromatic heterocycles. The Morgan fingerprint density at radius 3 is 2.81 bits per heavy atom. The summed E-state index contributed by atoms with van der Waals surface area (Å²) in [6.45, 7) is 4.85. The largest absolute Gasteiger partial charge is 0.377 e. The maximum absolute atomic E-state index is 4.34. The van der Waals surface area contributed by atoms with Crippen LogP contribution in [0.15, 0.2) is 24.5 Å². The van der Waals surface area contributed by atoms with Crippen LogP contribution in [0.2, 0.25) is 0 Å². The number of anilines is 1. The Morgan fingerprint density at radius 1 is 1.38 bits per heavy atom. The Hall–Kier alpha value is -1.84. The molecule has 0 bridgehead atoms. The van der Waals surface area contributed by atoms with Gasteiger partial charge in [0, 0.05) is 13.2 Å². The highest BCUT2D eigenvalue weighted by Gasteiger charge is 2.04. The number of pyridine rings is 1. The summed E-state index contributed by atoms with van der Waals surface area (Å²) in [7, 11) is 1.94. The number of hydrogen-bond donors (Lipinski definition) is 1. The highest BCUT2D eigenvalue weighted by atomic mass is 15.3. The third-order valence-electron chi connectivity index (χ3n) is 2.80. The molecule has 0 amide bonds. The summed E-state index contributed by atoms with van der Waals surface area (Å²) in [5.74, 6) is 0. The van der Waals surface area contributed by atoms with Crippen LogP contribution in [0.25, 0.3) is 0 Å². The maximum atomic E-state index is 4.34. The molecule has 4 heteroatoms. The van der Waals surface area contributed by atoms with Crippen LogP contribution in [0.5, 0.6) is 0 Å². The van der Waals surface area contributed by atoms with Crippen molar-refractivity contribution in [3.05, 3.63) is 41.5 Å². The molecular weight excluding hydrogens is 200 g/mol. The fourth-order valence-electron chi connectivity index (χ4n) is 1.55. The van der Waals surface area contributed by atoms with Crippen LogP contribution in [0, 0.1) is 13.8 Å². The first-order valence-corrected chi connectivity index (χ1v) is 5.31. The number of rotatable bonds is 3.